The van der Waals surface area contributed by atoms with Gasteiger partial charge in [0, 0.05) is 47.2 Å². The number of benzene rings is 2. The van der Waals surface area contributed by atoms with Crippen LogP contribution in [-0.2, 0) is 16.6 Å². The van der Waals surface area contributed by atoms with Gasteiger partial charge in [-0.05, 0) is 61.9 Å². The van der Waals surface area contributed by atoms with Crippen molar-refractivity contribution in [3.63, 3.8) is 0 Å². The van der Waals surface area contributed by atoms with E-state index in [4.69, 9.17) is 9.72 Å². The minimum atomic E-state index is -0.425. The molecule has 0 aliphatic heterocycles. The normalized spacial score (nSPS) is 11.6. The van der Waals surface area contributed by atoms with Crippen molar-refractivity contribution in [1.82, 2.24) is 19.7 Å². The fraction of sp³-hybridized carbons (Fsp3) is 0.156. The molecular weight excluding hydrogens is 516 g/mol. The highest BCUT2D eigenvalue weighted by Crippen LogP contribution is 2.35. The highest BCUT2D eigenvalue weighted by molar-refractivity contribution is 6.07. The topological polar surface area (TPSA) is 111 Å². The largest absolute Gasteiger partial charge is 0.465 e. The first-order valence-corrected chi connectivity index (χ1v) is 13.1. The Kier molecular flexibility index (Phi) is 7.60. The number of hydrogen-bond acceptors (Lipinski definition) is 7. The predicted octanol–water partition coefficient (Wildman–Crippen LogP) is 6.09. The molecule has 0 spiro atoms. The number of aromatic nitrogens is 4. The number of ether oxygens (including phenoxy) is 1. The van der Waals surface area contributed by atoms with Crippen LogP contribution in [0, 0.1) is 6.92 Å². The van der Waals surface area contributed by atoms with Gasteiger partial charge in [-0.1, -0.05) is 24.8 Å². The van der Waals surface area contributed by atoms with E-state index < -0.39 is 5.97 Å². The van der Waals surface area contributed by atoms with E-state index in [0.717, 1.165) is 33.3 Å². The number of nitrogens with one attached hydrogen (secondary N) is 2. The first kappa shape index (κ1) is 27.3. The van der Waals surface area contributed by atoms with E-state index in [9.17, 15) is 9.59 Å². The first-order chi connectivity index (χ1) is 19.8. The van der Waals surface area contributed by atoms with Gasteiger partial charge in [-0.2, -0.15) is 5.10 Å². The summed E-state index contributed by atoms with van der Waals surface area (Å²) >= 11 is 0. The summed E-state index contributed by atoms with van der Waals surface area (Å²) in [4.78, 5) is 34.5. The number of para-hydroxylation sites is 1. The zero-order valence-corrected chi connectivity index (χ0v) is 23.3. The molecule has 0 aliphatic rings. The molecule has 0 fully saturated rings. The van der Waals surface area contributed by atoms with Gasteiger partial charge in [-0.3, -0.25) is 14.5 Å². The summed E-state index contributed by atoms with van der Waals surface area (Å²) < 4.78 is 6.70. The molecule has 206 valence electrons. The molecule has 3 aromatic heterocycles. The Morgan fingerprint density at radius 2 is 1.83 bits per heavy atom. The van der Waals surface area contributed by atoms with E-state index in [1.54, 1.807) is 29.2 Å². The quantitative estimate of drug-likeness (QED) is 0.179. The van der Waals surface area contributed by atoms with E-state index in [0.29, 0.717) is 28.1 Å². The molecule has 2 N–H and O–H groups in total. The summed E-state index contributed by atoms with van der Waals surface area (Å²) in [7, 11) is 3.22. The third-order valence-electron chi connectivity index (χ3n) is 6.76. The number of esters is 1. The van der Waals surface area contributed by atoms with Gasteiger partial charge in [0.2, 0.25) is 5.91 Å². The van der Waals surface area contributed by atoms with Crippen LogP contribution in [0.2, 0.25) is 0 Å². The average Bonchev–Trinajstić information content (AvgIpc) is 3.42. The summed E-state index contributed by atoms with van der Waals surface area (Å²) in [6.45, 7) is 7.60. The highest BCUT2D eigenvalue weighted by atomic mass is 16.5. The lowest BCUT2D eigenvalue weighted by molar-refractivity contribution is -0.111. The highest BCUT2D eigenvalue weighted by Gasteiger charge is 2.19. The number of anilines is 2. The molecule has 3 heterocycles. The van der Waals surface area contributed by atoms with Gasteiger partial charge in [0.25, 0.3) is 0 Å². The van der Waals surface area contributed by atoms with Crippen molar-refractivity contribution < 1.29 is 14.3 Å². The standard InChI is InChI=1S/C32H30N6O3/c1-6-30(39)36-29-15-28(21-11-12-26(33-16-21)22-17-34-38(4)18-22)37-31-24(13-19(2)14-25(29)31)20(3)35-27-10-8-7-9-23(27)32(40)41-5/h6-18,20,35H,1H2,2-5H3,(H,36,37,39). The molecule has 2 aromatic carbocycles. The van der Waals surface area contributed by atoms with Crippen LogP contribution in [0.3, 0.4) is 0 Å². The van der Waals surface area contributed by atoms with Crippen molar-refractivity contribution in [2.75, 3.05) is 17.7 Å². The maximum absolute atomic E-state index is 12.4. The fourth-order valence-corrected chi connectivity index (χ4v) is 4.75. The zero-order chi connectivity index (χ0) is 29.1. The Bertz CT molecular complexity index is 1770. The van der Waals surface area contributed by atoms with Crippen molar-refractivity contribution in [2.45, 2.75) is 19.9 Å². The van der Waals surface area contributed by atoms with Crippen LogP contribution in [0.4, 0.5) is 11.4 Å². The van der Waals surface area contributed by atoms with Gasteiger partial charge in [-0.25, -0.2) is 9.78 Å². The molecule has 0 bridgehead atoms. The van der Waals surface area contributed by atoms with E-state index in [1.807, 2.05) is 63.5 Å². The Labute approximate surface area is 237 Å². The van der Waals surface area contributed by atoms with Crippen LogP contribution in [0.25, 0.3) is 33.4 Å². The molecule has 0 aliphatic carbocycles. The second-order valence-corrected chi connectivity index (χ2v) is 9.74. The van der Waals surface area contributed by atoms with Crippen molar-refractivity contribution in [3.8, 4) is 22.5 Å². The summed E-state index contributed by atoms with van der Waals surface area (Å²) in [6, 6.07) is 16.7. The van der Waals surface area contributed by atoms with E-state index in [1.165, 1.54) is 13.2 Å². The van der Waals surface area contributed by atoms with E-state index in [-0.39, 0.29) is 11.9 Å². The lowest BCUT2D eigenvalue weighted by Gasteiger charge is -2.21. The maximum atomic E-state index is 12.4. The fourth-order valence-electron chi connectivity index (χ4n) is 4.75. The van der Waals surface area contributed by atoms with Gasteiger partial charge in [-0.15, -0.1) is 0 Å². The number of pyridine rings is 2. The molecule has 41 heavy (non-hydrogen) atoms. The minimum absolute atomic E-state index is 0.250. The van der Waals surface area contributed by atoms with E-state index >= 15 is 0 Å². The van der Waals surface area contributed by atoms with Gasteiger partial charge in [0.1, 0.15) is 0 Å². The molecule has 1 unspecified atom stereocenters. The Hall–Kier alpha value is -5.31. The van der Waals surface area contributed by atoms with Crippen LogP contribution in [0.15, 0.2) is 85.8 Å². The number of methoxy groups -OCH3 is 1. The summed E-state index contributed by atoms with van der Waals surface area (Å²) in [6.07, 6.45) is 6.67. The lowest BCUT2D eigenvalue weighted by Crippen LogP contribution is -2.13. The minimum Gasteiger partial charge on any atom is -0.465 e. The molecule has 1 atom stereocenters. The molecule has 9 heteroatoms. The predicted molar refractivity (Wildman–Crippen MR) is 161 cm³/mol. The maximum Gasteiger partial charge on any atom is 0.339 e. The molecule has 0 saturated carbocycles. The van der Waals surface area contributed by atoms with Crippen molar-refractivity contribution in [1.29, 1.82) is 0 Å². The van der Waals surface area contributed by atoms with Crippen LogP contribution in [0.1, 0.15) is 34.5 Å². The molecule has 0 radical (unpaired) electrons. The zero-order valence-electron chi connectivity index (χ0n) is 23.3. The van der Waals surface area contributed by atoms with Gasteiger partial charge >= 0.3 is 5.97 Å². The average molecular weight is 547 g/mol. The van der Waals surface area contributed by atoms with E-state index in [2.05, 4.69) is 33.4 Å². The summed E-state index contributed by atoms with van der Waals surface area (Å²) in [5.74, 6) is -0.749. The second kappa shape index (κ2) is 11.4. The van der Waals surface area contributed by atoms with Crippen LogP contribution < -0.4 is 10.6 Å². The number of amides is 1. The second-order valence-electron chi connectivity index (χ2n) is 9.74. The van der Waals surface area contributed by atoms with Crippen LogP contribution in [-0.4, -0.2) is 38.7 Å². The summed E-state index contributed by atoms with van der Waals surface area (Å²) in [5.41, 5.74) is 7.43. The Morgan fingerprint density at radius 3 is 2.51 bits per heavy atom. The third kappa shape index (κ3) is 5.69. The van der Waals surface area contributed by atoms with Crippen molar-refractivity contribution in [2.24, 2.45) is 7.05 Å². The molecule has 9 nitrogen and oxygen atoms in total. The van der Waals surface area contributed by atoms with Crippen LogP contribution in [0.5, 0.6) is 0 Å². The smallest absolute Gasteiger partial charge is 0.339 e. The number of nitrogens with zero attached hydrogens (tertiary/aromatic N) is 4. The van der Waals surface area contributed by atoms with Gasteiger partial charge < -0.3 is 15.4 Å². The third-order valence-corrected chi connectivity index (χ3v) is 6.76. The Morgan fingerprint density at radius 1 is 1.02 bits per heavy atom. The molecule has 0 saturated heterocycles. The molecule has 5 rings (SSSR count). The van der Waals surface area contributed by atoms with Crippen molar-refractivity contribution in [3.05, 3.63) is 103 Å². The number of fused-ring (bicyclic) bond motifs is 1. The molecular formula is C32H30N6O3. The molecule has 5 aromatic rings. The monoisotopic (exact) mass is 546 g/mol. The Balaban J connectivity index is 1.62. The number of hydrogen-bond donors (Lipinski definition) is 2. The van der Waals surface area contributed by atoms with Crippen molar-refractivity contribution >= 4 is 34.2 Å². The first-order valence-electron chi connectivity index (χ1n) is 13.1. The lowest BCUT2D eigenvalue weighted by atomic mass is 9.98. The SMILES string of the molecule is C=CC(=O)Nc1cc(-c2ccc(-c3cnn(C)c3)nc2)nc2c(C(C)Nc3ccccc3C(=O)OC)cc(C)cc12. The van der Waals surface area contributed by atoms with Gasteiger partial charge in [0.05, 0.1) is 47.5 Å². The number of rotatable bonds is 8. The van der Waals surface area contributed by atoms with Gasteiger partial charge in [0.15, 0.2) is 0 Å². The van der Waals surface area contributed by atoms with Crippen LogP contribution >= 0.6 is 0 Å². The summed E-state index contributed by atoms with van der Waals surface area (Å²) in [5, 5.41) is 11.4. The number of aryl methyl sites for hydroxylation is 2. The number of carbonyl (C=O) groups is 2. The molecule has 1 amide bonds. The number of carbonyl (C=O) groups excluding carboxylic acids is 2.